The van der Waals surface area contributed by atoms with Gasteiger partial charge in [0.25, 0.3) is 0 Å². The van der Waals surface area contributed by atoms with Gasteiger partial charge in [-0.05, 0) is 25.0 Å². The van der Waals surface area contributed by atoms with Crippen LogP contribution in [0.5, 0.6) is 0 Å². The zero-order valence-electron chi connectivity index (χ0n) is 11.8. The van der Waals surface area contributed by atoms with Gasteiger partial charge >= 0.3 is 0 Å². The van der Waals surface area contributed by atoms with Gasteiger partial charge in [0.2, 0.25) is 10.0 Å². The summed E-state index contributed by atoms with van der Waals surface area (Å²) in [5.41, 5.74) is 0.0812. The van der Waals surface area contributed by atoms with Crippen LogP contribution in [0.25, 0.3) is 0 Å². The Labute approximate surface area is 129 Å². The standard InChI is InChI=1S/C14H19ClFNO3S/c1-2-17(11-5-3-4-6-11)21(19,20)12-7-10(9-18)14(15)13(16)8-12/h7-8,11,18H,2-6,9H2,1H3. The van der Waals surface area contributed by atoms with E-state index in [9.17, 15) is 17.9 Å². The largest absolute Gasteiger partial charge is 0.392 e. The van der Waals surface area contributed by atoms with Crippen LogP contribution < -0.4 is 0 Å². The first kappa shape index (κ1) is 16.7. The zero-order valence-corrected chi connectivity index (χ0v) is 13.4. The first-order valence-electron chi connectivity index (χ1n) is 7.02. The quantitative estimate of drug-likeness (QED) is 0.900. The van der Waals surface area contributed by atoms with Crippen molar-refractivity contribution in [1.82, 2.24) is 4.31 Å². The lowest BCUT2D eigenvalue weighted by Crippen LogP contribution is -2.38. The molecule has 0 radical (unpaired) electrons. The Morgan fingerprint density at radius 2 is 2.00 bits per heavy atom. The van der Waals surface area contributed by atoms with Crippen molar-refractivity contribution < 1.29 is 17.9 Å². The van der Waals surface area contributed by atoms with E-state index in [2.05, 4.69) is 0 Å². The Hall–Kier alpha value is -0.690. The molecule has 1 aromatic rings. The van der Waals surface area contributed by atoms with Gasteiger partial charge in [0.05, 0.1) is 16.5 Å². The summed E-state index contributed by atoms with van der Waals surface area (Å²) in [6.45, 7) is 1.61. The molecule has 4 nitrogen and oxygen atoms in total. The SMILES string of the molecule is CCN(C1CCCC1)S(=O)(=O)c1cc(F)c(Cl)c(CO)c1. The summed E-state index contributed by atoms with van der Waals surface area (Å²) in [5.74, 6) is -0.829. The third-order valence-electron chi connectivity index (χ3n) is 3.90. The van der Waals surface area contributed by atoms with Crippen molar-refractivity contribution in [3.8, 4) is 0 Å². The van der Waals surface area contributed by atoms with Crippen LogP contribution in [0.2, 0.25) is 5.02 Å². The highest BCUT2D eigenvalue weighted by Gasteiger charge is 2.32. The van der Waals surface area contributed by atoms with E-state index in [0.29, 0.717) is 6.54 Å². The van der Waals surface area contributed by atoms with Crippen LogP contribution in [0.3, 0.4) is 0 Å². The lowest BCUT2D eigenvalue weighted by atomic mass is 10.2. The smallest absolute Gasteiger partial charge is 0.243 e. The van der Waals surface area contributed by atoms with Gasteiger partial charge in [-0.25, -0.2) is 12.8 Å². The number of nitrogens with zero attached hydrogens (tertiary/aromatic N) is 1. The predicted molar refractivity (Wildman–Crippen MR) is 79.2 cm³/mol. The number of hydrogen-bond acceptors (Lipinski definition) is 3. The first-order chi connectivity index (χ1) is 9.91. The number of benzene rings is 1. The molecule has 1 aliphatic carbocycles. The Morgan fingerprint density at radius 3 is 2.52 bits per heavy atom. The zero-order chi connectivity index (χ0) is 15.6. The van der Waals surface area contributed by atoms with E-state index in [1.54, 1.807) is 6.92 Å². The van der Waals surface area contributed by atoms with Crippen molar-refractivity contribution >= 4 is 21.6 Å². The molecule has 0 heterocycles. The van der Waals surface area contributed by atoms with Gasteiger partial charge < -0.3 is 5.11 Å². The molecule has 1 aliphatic rings. The molecule has 0 atom stereocenters. The molecule has 1 saturated carbocycles. The van der Waals surface area contributed by atoms with E-state index >= 15 is 0 Å². The van der Waals surface area contributed by atoms with Crippen molar-refractivity contribution in [3.05, 3.63) is 28.5 Å². The number of halogens is 2. The fraction of sp³-hybridized carbons (Fsp3) is 0.571. The molecule has 0 spiro atoms. The molecule has 0 aliphatic heterocycles. The predicted octanol–water partition coefficient (Wildman–Crippen LogP) is 2.92. The minimum atomic E-state index is -3.78. The molecule has 1 aromatic carbocycles. The van der Waals surface area contributed by atoms with Gasteiger partial charge in [0.1, 0.15) is 5.82 Å². The third-order valence-corrected chi connectivity index (χ3v) is 6.33. The third kappa shape index (κ3) is 3.23. The summed E-state index contributed by atoms with van der Waals surface area (Å²) >= 11 is 5.71. The molecule has 0 bridgehead atoms. The highest BCUT2D eigenvalue weighted by Crippen LogP contribution is 2.31. The van der Waals surface area contributed by atoms with E-state index < -0.39 is 22.4 Å². The van der Waals surface area contributed by atoms with Crippen LogP contribution in [0, 0.1) is 5.82 Å². The maximum Gasteiger partial charge on any atom is 0.243 e. The molecule has 0 unspecified atom stereocenters. The van der Waals surface area contributed by atoms with Crippen LogP contribution in [-0.4, -0.2) is 30.4 Å². The summed E-state index contributed by atoms with van der Waals surface area (Å²) in [6, 6.07) is 2.14. The molecular weight excluding hydrogens is 317 g/mol. The van der Waals surface area contributed by atoms with Gasteiger partial charge in [-0.2, -0.15) is 4.31 Å². The maximum absolute atomic E-state index is 13.8. The fourth-order valence-electron chi connectivity index (χ4n) is 2.83. The van der Waals surface area contributed by atoms with E-state index in [1.807, 2.05) is 0 Å². The molecule has 118 valence electrons. The Balaban J connectivity index is 2.44. The van der Waals surface area contributed by atoms with Gasteiger partial charge in [0, 0.05) is 18.2 Å². The second-order valence-electron chi connectivity index (χ2n) is 5.18. The summed E-state index contributed by atoms with van der Waals surface area (Å²) in [4.78, 5) is -0.151. The summed E-state index contributed by atoms with van der Waals surface area (Å²) < 4.78 is 40.6. The van der Waals surface area contributed by atoms with Crippen molar-refractivity contribution in [2.45, 2.75) is 50.2 Å². The molecule has 1 N–H and O–H groups in total. The number of hydrogen-bond donors (Lipinski definition) is 1. The van der Waals surface area contributed by atoms with E-state index in [4.69, 9.17) is 11.6 Å². The van der Waals surface area contributed by atoms with Crippen molar-refractivity contribution in [3.63, 3.8) is 0 Å². The van der Waals surface area contributed by atoms with Crippen molar-refractivity contribution in [1.29, 1.82) is 0 Å². The van der Waals surface area contributed by atoms with Gasteiger partial charge in [-0.3, -0.25) is 0 Å². The van der Waals surface area contributed by atoms with E-state index in [0.717, 1.165) is 31.7 Å². The number of aliphatic hydroxyl groups is 1. The normalized spacial score (nSPS) is 16.8. The molecule has 7 heteroatoms. The Kier molecular flexibility index (Phi) is 5.24. The number of rotatable bonds is 5. The lowest BCUT2D eigenvalue weighted by molar-refractivity contribution is 0.281. The molecule has 1 fully saturated rings. The highest BCUT2D eigenvalue weighted by atomic mass is 35.5. The monoisotopic (exact) mass is 335 g/mol. The van der Waals surface area contributed by atoms with Gasteiger partial charge in [-0.15, -0.1) is 0 Å². The second kappa shape index (κ2) is 6.60. The van der Waals surface area contributed by atoms with Crippen LogP contribution in [0.1, 0.15) is 38.2 Å². The van der Waals surface area contributed by atoms with Crippen LogP contribution in [0.15, 0.2) is 17.0 Å². The van der Waals surface area contributed by atoms with Crippen LogP contribution >= 0.6 is 11.6 Å². The second-order valence-corrected chi connectivity index (χ2v) is 7.45. The summed E-state index contributed by atoms with van der Waals surface area (Å²) in [7, 11) is -3.78. The number of sulfonamides is 1. The lowest BCUT2D eigenvalue weighted by Gasteiger charge is -2.27. The Morgan fingerprint density at radius 1 is 1.38 bits per heavy atom. The molecule has 2 rings (SSSR count). The van der Waals surface area contributed by atoms with Crippen LogP contribution in [-0.2, 0) is 16.6 Å². The van der Waals surface area contributed by atoms with E-state index in [1.165, 1.54) is 10.4 Å². The molecule has 0 amide bonds. The van der Waals surface area contributed by atoms with Crippen molar-refractivity contribution in [2.75, 3.05) is 6.54 Å². The number of aliphatic hydroxyl groups excluding tert-OH is 1. The van der Waals surface area contributed by atoms with Crippen molar-refractivity contribution in [2.24, 2.45) is 0 Å². The molecule has 21 heavy (non-hydrogen) atoms. The maximum atomic E-state index is 13.8. The average molecular weight is 336 g/mol. The first-order valence-corrected chi connectivity index (χ1v) is 8.84. The average Bonchev–Trinajstić information content (AvgIpc) is 2.95. The van der Waals surface area contributed by atoms with Gasteiger partial charge in [0.15, 0.2) is 0 Å². The minimum Gasteiger partial charge on any atom is -0.392 e. The van der Waals surface area contributed by atoms with Gasteiger partial charge in [-0.1, -0.05) is 31.4 Å². The molecule has 0 saturated heterocycles. The minimum absolute atomic E-state index is 0.0312. The molecular formula is C14H19ClFNO3S. The Bertz CT molecular complexity index is 615. The highest BCUT2D eigenvalue weighted by molar-refractivity contribution is 7.89. The topological polar surface area (TPSA) is 57.6 Å². The van der Waals surface area contributed by atoms with Crippen LogP contribution in [0.4, 0.5) is 4.39 Å². The summed E-state index contributed by atoms with van der Waals surface area (Å²) in [6.07, 6.45) is 3.67. The molecule has 0 aromatic heterocycles. The summed E-state index contributed by atoms with van der Waals surface area (Å²) in [5, 5.41) is 8.95. The van der Waals surface area contributed by atoms with E-state index in [-0.39, 0.29) is 21.5 Å². The fourth-order valence-corrected chi connectivity index (χ4v) is 4.76.